The summed E-state index contributed by atoms with van der Waals surface area (Å²) in [7, 11) is 0. The third-order valence-corrected chi connectivity index (χ3v) is 5.30. The SMILES string of the molecule is CC.CC.O=C1C(=O)N(C2CCCC2)CCN1Cc1ccc(-c2cccc(F)c2)nn1. The van der Waals surface area contributed by atoms with Gasteiger partial charge in [-0.15, -0.1) is 0 Å². The minimum Gasteiger partial charge on any atom is -0.330 e. The van der Waals surface area contributed by atoms with Crippen molar-refractivity contribution in [2.45, 2.75) is 66.0 Å². The van der Waals surface area contributed by atoms with E-state index in [9.17, 15) is 14.0 Å². The van der Waals surface area contributed by atoms with Crippen LogP contribution in [-0.4, -0.2) is 50.9 Å². The van der Waals surface area contributed by atoms with Crippen molar-refractivity contribution in [2.24, 2.45) is 0 Å². The Morgan fingerprint density at radius 2 is 1.65 bits per heavy atom. The van der Waals surface area contributed by atoms with Crippen LogP contribution in [0.1, 0.15) is 59.1 Å². The summed E-state index contributed by atoms with van der Waals surface area (Å²) in [5.41, 5.74) is 1.81. The molecule has 2 heterocycles. The van der Waals surface area contributed by atoms with E-state index >= 15 is 0 Å². The first-order chi connectivity index (χ1) is 15.1. The smallest absolute Gasteiger partial charge is 0.312 e. The Bertz CT molecular complexity index is 851. The van der Waals surface area contributed by atoms with Gasteiger partial charge in [0.05, 0.1) is 17.9 Å². The van der Waals surface area contributed by atoms with Gasteiger partial charge in [-0.2, -0.15) is 10.2 Å². The summed E-state index contributed by atoms with van der Waals surface area (Å²) >= 11 is 0. The molecule has 1 aliphatic heterocycles. The van der Waals surface area contributed by atoms with E-state index in [-0.39, 0.29) is 18.4 Å². The molecule has 1 aliphatic carbocycles. The van der Waals surface area contributed by atoms with Crippen LogP contribution in [-0.2, 0) is 16.1 Å². The summed E-state index contributed by atoms with van der Waals surface area (Å²) in [6.45, 7) is 9.33. The van der Waals surface area contributed by atoms with Gasteiger partial charge in [0.2, 0.25) is 0 Å². The van der Waals surface area contributed by atoms with Gasteiger partial charge in [0.25, 0.3) is 0 Å². The molecule has 1 saturated heterocycles. The Balaban J connectivity index is 0.000000807. The summed E-state index contributed by atoms with van der Waals surface area (Å²) < 4.78 is 13.3. The van der Waals surface area contributed by atoms with E-state index in [2.05, 4.69) is 10.2 Å². The Morgan fingerprint density at radius 3 is 2.26 bits per heavy atom. The Morgan fingerprint density at radius 1 is 0.935 bits per heavy atom. The second-order valence-corrected chi connectivity index (χ2v) is 7.08. The zero-order valence-electron chi connectivity index (χ0n) is 19.0. The molecule has 0 atom stereocenters. The Kier molecular flexibility index (Phi) is 9.56. The molecule has 2 aromatic rings. The van der Waals surface area contributed by atoms with Gasteiger partial charge in [0.15, 0.2) is 0 Å². The summed E-state index contributed by atoms with van der Waals surface area (Å²) in [5.74, 6) is -1.20. The lowest BCUT2D eigenvalue weighted by Crippen LogP contribution is -2.56. The van der Waals surface area contributed by atoms with Crippen molar-refractivity contribution < 1.29 is 14.0 Å². The molecule has 0 spiro atoms. The highest BCUT2D eigenvalue weighted by atomic mass is 19.1. The molecule has 0 N–H and O–H groups in total. The number of carbonyl (C=O) groups is 2. The Hall–Kier alpha value is -2.83. The topological polar surface area (TPSA) is 66.4 Å². The summed E-state index contributed by atoms with van der Waals surface area (Å²) in [6.07, 6.45) is 4.23. The lowest BCUT2D eigenvalue weighted by atomic mass is 10.1. The first-order valence-corrected chi connectivity index (χ1v) is 11.3. The summed E-state index contributed by atoms with van der Waals surface area (Å²) in [5, 5.41) is 8.27. The van der Waals surface area contributed by atoms with Crippen LogP contribution in [0.3, 0.4) is 0 Å². The highest BCUT2D eigenvalue weighted by Gasteiger charge is 2.37. The number of carbonyl (C=O) groups excluding carboxylic acids is 2. The maximum atomic E-state index is 13.3. The fraction of sp³-hybridized carbons (Fsp3) is 0.500. The number of amides is 2. The number of hydrogen-bond donors (Lipinski definition) is 0. The van der Waals surface area contributed by atoms with E-state index in [1.165, 1.54) is 17.0 Å². The van der Waals surface area contributed by atoms with Crippen molar-refractivity contribution in [3.05, 3.63) is 47.9 Å². The van der Waals surface area contributed by atoms with E-state index < -0.39 is 11.8 Å². The number of piperazine rings is 1. The van der Waals surface area contributed by atoms with Gasteiger partial charge < -0.3 is 9.80 Å². The van der Waals surface area contributed by atoms with E-state index in [0.717, 1.165) is 25.7 Å². The van der Waals surface area contributed by atoms with Gasteiger partial charge in [-0.1, -0.05) is 52.7 Å². The van der Waals surface area contributed by atoms with Crippen LogP contribution in [0, 0.1) is 5.82 Å². The second-order valence-electron chi connectivity index (χ2n) is 7.08. The zero-order chi connectivity index (χ0) is 22.8. The monoisotopic (exact) mass is 428 g/mol. The fourth-order valence-electron chi connectivity index (χ4n) is 3.85. The first-order valence-electron chi connectivity index (χ1n) is 11.3. The van der Waals surface area contributed by atoms with E-state index in [0.29, 0.717) is 30.0 Å². The third kappa shape index (κ3) is 6.09. The number of halogens is 1. The number of aromatic nitrogens is 2. The third-order valence-electron chi connectivity index (χ3n) is 5.30. The summed E-state index contributed by atoms with van der Waals surface area (Å²) in [4.78, 5) is 28.2. The summed E-state index contributed by atoms with van der Waals surface area (Å²) in [6, 6.07) is 9.87. The van der Waals surface area contributed by atoms with Crippen molar-refractivity contribution in [3.63, 3.8) is 0 Å². The van der Waals surface area contributed by atoms with Crippen molar-refractivity contribution in [2.75, 3.05) is 13.1 Å². The van der Waals surface area contributed by atoms with Crippen LogP contribution in [0.5, 0.6) is 0 Å². The standard InChI is InChI=1S/C20H21FN4O2.2C2H6/c21-15-5-3-4-14(12-15)18-9-8-16(22-23-18)13-24-10-11-25(20(27)19(24)26)17-6-1-2-7-17;2*1-2/h3-5,8-9,12,17H,1-2,6-7,10-11,13H2;2*1-2H3. The van der Waals surface area contributed by atoms with Crippen LogP contribution >= 0.6 is 0 Å². The lowest BCUT2D eigenvalue weighted by Gasteiger charge is -2.36. The normalized spacial score (nSPS) is 16.4. The minimum absolute atomic E-state index is 0.217. The van der Waals surface area contributed by atoms with Crippen LogP contribution < -0.4 is 0 Å². The quantitative estimate of drug-likeness (QED) is 0.675. The largest absolute Gasteiger partial charge is 0.330 e. The van der Waals surface area contributed by atoms with E-state index in [1.54, 1.807) is 29.2 Å². The zero-order valence-corrected chi connectivity index (χ0v) is 19.0. The number of hydrogen-bond acceptors (Lipinski definition) is 4. The van der Waals surface area contributed by atoms with Gasteiger partial charge >= 0.3 is 11.8 Å². The molecule has 0 radical (unpaired) electrons. The minimum atomic E-state index is -0.468. The predicted octanol–water partition coefficient (Wildman–Crippen LogP) is 4.45. The molecule has 7 heteroatoms. The molecule has 4 rings (SSSR count). The molecule has 1 aromatic heterocycles. The molecular formula is C24H33FN4O2. The molecule has 168 valence electrons. The Labute approximate surface area is 184 Å². The molecule has 2 aliphatic rings. The highest BCUT2D eigenvalue weighted by molar-refractivity contribution is 6.35. The van der Waals surface area contributed by atoms with Crippen molar-refractivity contribution in [1.29, 1.82) is 0 Å². The number of benzene rings is 1. The molecule has 0 bridgehead atoms. The number of rotatable bonds is 4. The molecule has 2 amide bonds. The van der Waals surface area contributed by atoms with E-state index in [1.807, 2.05) is 27.7 Å². The highest BCUT2D eigenvalue weighted by Crippen LogP contribution is 2.25. The fourth-order valence-corrected chi connectivity index (χ4v) is 3.85. The van der Waals surface area contributed by atoms with Crippen LogP contribution in [0.25, 0.3) is 11.3 Å². The first kappa shape index (κ1) is 24.4. The van der Waals surface area contributed by atoms with Gasteiger partial charge in [0, 0.05) is 24.7 Å². The number of nitrogens with zero attached hydrogens (tertiary/aromatic N) is 4. The van der Waals surface area contributed by atoms with Crippen molar-refractivity contribution in [3.8, 4) is 11.3 Å². The van der Waals surface area contributed by atoms with Gasteiger partial charge in [-0.25, -0.2) is 4.39 Å². The molecule has 6 nitrogen and oxygen atoms in total. The van der Waals surface area contributed by atoms with Crippen molar-refractivity contribution in [1.82, 2.24) is 20.0 Å². The predicted molar refractivity (Wildman–Crippen MR) is 120 cm³/mol. The maximum absolute atomic E-state index is 13.3. The molecule has 1 aromatic carbocycles. The van der Waals surface area contributed by atoms with Gasteiger partial charge in [0.1, 0.15) is 5.82 Å². The van der Waals surface area contributed by atoms with Crippen LogP contribution in [0.2, 0.25) is 0 Å². The van der Waals surface area contributed by atoms with Crippen LogP contribution in [0.4, 0.5) is 4.39 Å². The molecule has 31 heavy (non-hydrogen) atoms. The molecule has 2 fully saturated rings. The second kappa shape index (κ2) is 12.1. The lowest BCUT2D eigenvalue weighted by molar-refractivity contribution is -0.158. The molecule has 1 saturated carbocycles. The average molecular weight is 429 g/mol. The maximum Gasteiger partial charge on any atom is 0.312 e. The van der Waals surface area contributed by atoms with Gasteiger partial charge in [-0.05, 0) is 37.1 Å². The average Bonchev–Trinajstić information content (AvgIpc) is 3.35. The molecule has 0 unspecified atom stereocenters. The van der Waals surface area contributed by atoms with E-state index in [4.69, 9.17) is 0 Å². The van der Waals surface area contributed by atoms with Crippen LogP contribution in [0.15, 0.2) is 36.4 Å². The van der Waals surface area contributed by atoms with Crippen molar-refractivity contribution >= 4 is 11.8 Å². The van der Waals surface area contributed by atoms with Gasteiger partial charge in [-0.3, -0.25) is 9.59 Å². The molecular weight excluding hydrogens is 395 g/mol.